The van der Waals surface area contributed by atoms with Gasteiger partial charge in [0.1, 0.15) is 5.82 Å². The Morgan fingerprint density at radius 3 is 2.67 bits per heavy atom. The van der Waals surface area contributed by atoms with Gasteiger partial charge in [-0.05, 0) is 49.9 Å². The minimum absolute atomic E-state index is 0.0499. The van der Waals surface area contributed by atoms with Crippen molar-refractivity contribution in [1.82, 2.24) is 9.80 Å². The van der Waals surface area contributed by atoms with Crippen LogP contribution in [0.3, 0.4) is 0 Å². The second kappa shape index (κ2) is 7.19. The SMILES string of the molecule is CCN(CC(=O)N1CCC(CO)(Cc2ccc(F)cc2)C1)C1CC1. The minimum atomic E-state index is -0.301. The molecule has 1 aliphatic carbocycles. The van der Waals surface area contributed by atoms with Gasteiger partial charge in [0, 0.05) is 24.5 Å². The molecule has 1 N–H and O–H groups in total. The summed E-state index contributed by atoms with van der Waals surface area (Å²) in [5, 5.41) is 9.94. The number of hydrogen-bond donors (Lipinski definition) is 1. The molecule has 1 saturated carbocycles. The summed E-state index contributed by atoms with van der Waals surface area (Å²) in [5.41, 5.74) is 0.706. The van der Waals surface area contributed by atoms with Crippen molar-refractivity contribution >= 4 is 5.91 Å². The number of likely N-dealkylation sites (N-methyl/N-ethyl adjacent to an activating group) is 1. The lowest BCUT2D eigenvalue weighted by Crippen LogP contribution is -2.42. The number of benzene rings is 1. The second-order valence-electron chi connectivity index (χ2n) is 7.32. The van der Waals surface area contributed by atoms with Crippen LogP contribution in [0.15, 0.2) is 24.3 Å². The van der Waals surface area contributed by atoms with E-state index >= 15 is 0 Å². The number of likely N-dealkylation sites (tertiary alicyclic amines) is 1. The molecule has 1 unspecified atom stereocenters. The second-order valence-corrected chi connectivity index (χ2v) is 7.32. The molecule has 1 amide bonds. The van der Waals surface area contributed by atoms with Crippen LogP contribution in [0.2, 0.25) is 0 Å². The highest BCUT2D eigenvalue weighted by Crippen LogP contribution is 2.34. The van der Waals surface area contributed by atoms with Crippen molar-refractivity contribution in [1.29, 1.82) is 0 Å². The first-order valence-electron chi connectivity index (χ1n) is 8.92. The van der Waals surface area contributed by atoms with E-state index in [1.165, 1.54) is 25.0 Å². The molecule has 5 heteroatoms. The fourth-order valence-corrected chi connectivity index (χ4v) is 3.73. The third-order valence-electron chi connectivity index (χ3n) is 5.43. The predicted octanol–water partition coefficient (Wildman–Crippen LogP) is 2.06. The van der Waals surface area contributed by atoms with Gasteiger partial charge in [0.05, 0.1) is 13.2 Å². The number of carbonyl (C=O) groups is 1. The molecule has 0 spiro atoms. The highest BCUT2D eigenvalue weighted by Gasteiger charge is 2.40. The molecule has 1 atom stereocenters. The Labute approximate surface area is 143 Å². The van der Waals surface area contributed by atoms with Gasteiger partial charge in [-0.2, -0.15) is 0 Å². The summed E-state index contributed by atoms with van der Waals surface area (Å²) in [6.45, 7) is 4.82. The maximum Gasteiger partial charge on any atom is 0.236 e. The third kappa shape index (κ3) is 3.95. The maximum atomic E-state index is 13.1. The standard InChI is InChI=1S/C19H27FN2O2/c1-2-21(17-7-8-17)12-18(24)22-10-9-19(13-22,14-23)11-15-3-5-16(20)6-4-15/h3-6,17,23H,2,7-14H2,1H3. The van der Waals surface area contributed by atoms with E-state index in [4.69, 9.17) is 0 Å². The summed E-state index contributed by atoms with van der Waals surface area (Å²) >= 11 is 0. The molecule has 1 heterocycles. The van der Waals surface area contributed by atoms with E-state index in [9.17, 15) is 14.3 Å². The quantitative estimate of drug-likeness (QED) is 0.830. The molecular weight excluding hydrogens is 307 g/mol. The Bertz CT molecular complexity index is 573. The summed E-state index contributed by atoms with van der Waals surface area (Å²) in [7, 11) is 0. The summed E-state index contributed by atoms with van der Waals surface area (Å²) in [6, 6.07) is 7.02. The average Bonchev–Trinajstić information content (AvgIpc) is 3.35. The van der Waals surface area contributed by atoms with Crippen molar-refractivity contribution < 1.29 is 14.3 Å². The number of aliphatic hydroxyl groups excluding tert-OH is 1. The molecule has 4 nitrogen and oxygen atoms in total. The number of nitrogens with zero attached hydrogens (tertiary/aromatic N) is 2. The Kier molecular flexibility index (Phi) is 5.21. The lowest BCUT2D eigenvalue weighted by Gasteiger charge is -2.28. The number of hydrogen-bond acceptors (Lipinski definition) is 3. The van der Waals surface area contributed by atoms with Gasteiger partial charge in [-0.3, -0.25) is 9.69 Å². The largest absolute Gasteiger partial charge is 0.396 e. The molecule has 1 aromatic rings. The minimum Gasteiger partial charge on any atom is -0.396 e. The Morgan fingerprint density at radius 2 is 2.08 bits per heavy atom. The molecule has 2 aliphatic rings. The maximum absolute atomic E-state index is 13.1. The number of carbonyl (C=O) groups excluding carboxylic acids is 1. The molecule has 0 radical (unpaired) electrons. The van der Waals surface area contributed by atoms with Crippen LogP contribution >= 0.6 is 0 Å². The third-order valence-corrected chi connectivity index (χ3v) is 5.43. The summed E-state index contributed by atoms with van der Waals surface area (Å²) in [6.07, 6.45) is 3.87. The smallest absolute Gasteiger partial charge is 0.236 e. The van der Waals surface area contributed by atoms with Crippen molar-refractivity contribution in [2.24, 2.45) is 5.41 Å². The van der Waals surface area contributed by atoms with Crippen LogP contribution in [0.4, 0.5) is 4.39 Å². The van der Waals surface area contributed by atoms with Crippen LogP contribution in [-0.4, -0.2) is 59.6 Å². The van der Waals surface area contributed by atoms with Crippen LogP contribution in [0.25, 0.3) is 0 Å². The highest BCUT2D eigenvalue weighted by atomic mass is 19.1. The zero-order chi connectivity index (χ0) is 17.2. The van der Waals surface area contributed by atoms with Gasteiger partial charge in [0.15, 0.2) is 0 Å². The molecule has 3 rings (SSSR count). The van der Waals surface area contributed by atoms with Gasteiger partial charge < -0.3 is 10.0 Å². The van der Waals surface area contributed by atoms with Gasteiger partial charge in [-0.15, -0.1) is 0 Å². The van der Waals surface area contributed by atoms with Crippen LogP contribution in [-0.2, 0) is 11.2 Å². The van der Waals surface area contributed by atoms with Crippen LogP contribution in [0, 0.1) is 11.2 Å². The number of halogens is 1. The number of rotatable bonds is 7. The van der Waals surface area contributed by atoms with Gasteiger partial charge in [0.25, 0.3) is 0 Å². The first-order chi connectivity index (χ1) is 11.5. The lowest BCUT2D eigenvalue weighted by atomic mass is 9.81. The van der Waals surface area contributed by atoms with Crippen molar-refractivity contribution in [3.63, 3.8) is 0 Å². The number of amides is 1. The normalized spacial score (nSPS) is 23.9. The molecule has 1 saturated heterocycles. The highest BCUT2D eigenvalue weighted by molar-refractivity contribution is 5.78. The predicted molar refractivity (Wildman–Crippen MR) is 91.1 cm³/mol. The first-order valence-corrected chi connectivity index (χ1v) is 8.92. The van der Waals surface area contributed by atoms with E-state index in [0.717, 1.165) is 18.5 Å². The van der Waals surface area contributed by atoms with Crippen molar-refractivity contribution in [2.45, 2.75) is 38.6 Å². The van der Waals surface area contributed by atoms with Crippen molar-refractivity contribution in [3.05, 3.63) is 35.6 Å². The average molecular weight is 334 g/mol. The Balaban J connectivity index is 1.60. The molecular formula is C19H27FN2O2. The van der Waals surface area contributed by atoms with E-state index in [1.54, 1.807) is 12.1 Å². The van der Waals surface area contributed by atoms with Crippen LogP contribution in [0.1, 0.15) is 31.7 Å². The van der Waals surface area contributed by atoms with Crippen molar-refractivity contribution in [3.8, 4) is 0 Å². The number of aliphatic hydroxyl groups is 1. The summed E-state index contributed by atoms with van der Waals surface area (Å²) in [4.78, 5) is 16.7. The summed E-state index contributed by atoms with van der Waals surface area (Å²) in [5.74, 6) is -0.0852. The zero-order valence-corrected chi connectivity index (χ0v) is 14.4. The fourth-order valence-electron chi connectivity index (χ4n) is 3.73. The topological polar surface area (TPSA) is 43.8 Å². The van der Waals surface area contributed by atoms with E-state index < -0.39 is 0 Å². The van der Waals surface area contributed by atoms with Crippen LogP contribution in [0.5, 0.6) is 0 Å². The molecule has 1 aliphatic heterocycles. The Hall–Kier alpha value is -1.46. The van der Waals surface area contributed by atoms with E-state index in [2.05, 4.69) is 11.8 Å². The fraction of sp³-hybridized carbons (Fsp3) is 0.632. The molecule has 0 bridgehead atoms. The molecule has 1 aromatic carbocycles. The monoisotopic (exact) mass is 334 g/mol. The first kappa shape index (κ1) is 17.4. The molecule has 24 heavy (non-hydrogen) atoms. The molecule has 0 aromatic heterocycles. The van der Waals surface area contributed by atoms with E-state index in [1.807, 2.05) is 4.90 Å². The van der Waals surface area contributed by atoms with Gasteiger partial charge >= 0.3 is 0 Å². The Morgan fingerprint density at radius 1 is 1.38 bits per heavy atom. The van der Waals surface area contributed by atoms with Gasteiger partial charge in [-0.25, -0.2) is 4.39 Å². The molecule has 132 valence electrons. The summed E-state index contributed by atoms with van der Waals surface area (Å²) < 4.78 is 13.1. The molecule has 2 fully saturated rings. The van der Waals surface area contributed by atoms with Crippen LogP contribution < -0.4 is 0 Å². The van der Waals surface area contributed by atoms with E-state index in [0.29, 0.717) is 32.1 Å². The zero-order valence-electron chi connectivity index (χ0n) is 14.4. The van der Waals surface area contributed by atoms with Gasteiger partial charge in [-0.1, -0.05) is 19.1 Å². The van der Waals surface area contributed by atoms with Crippen molar-refractivity contribution in [2.75, 3.05) is 32.8 Å². The van der Waals surface area contributed by atoms with E-state index in [-0.39, 0.29) is 23.7 Å². The lowest BCUT2D eigenvalue weighted by molar-refractivity contribution is -0.132. The van der Waals surface area contributed by atoms with Gasteiger partial charge in [0.2, 0.25) is 5.91 Å².